The Morgan fingerprint density at radius 2 is 1.97 bits per heavy atom. The van der Waals surface area contributed by atoms with Gasteiger partial charge in [-0.1, -0.05) is 26.8 Å². The van der Waals surface area contributed by atoms with Crippen LogP contribution in [-0.4, -0.2) is 53.5 Å². The number of amides is 1. The maximum atomic E-state index is 13.1. The molecular weight excluding hydrogens is 420 g/mol. The van der Waals surface area contributed by atoms with Gasteiger partial charge in [0, 0.05) is 43.8 Å². The van der Waals surface area contributed by atoms with Crippen molar-refractivity contribution in [1.82, 2.24) is 9.88 Å². The molecule has 7 nitrogen and oxygen atoms in total. The van der Waals surface area contributed by atoms with Gasteiger partial charge in [0.1, 0.15) is 11.5 Å². The van der Waals surface area contributed by atoms with E-state index in [2.05, 4.69) is 25.8 Å². The maximum absolute atomic E-state index is 13.1. The lowest BCUT2D eigenvalue weighted by atomic mass is 9.84. The van der Waals surface area contributed by atoms with E-state index < -0.39 is 17.7 Å². The van der Waals surface area contributed by atoms with Crippen LogP contribution in [0.3, 0.4) is 0 Å². The van der Waals surface area contributed by atoms with Crippen molar-refractivity contribution in [3.63, 3.8) is 0 Å². The molecule has 1 aromatic carbocycles. The number of ether oxygens (including phenoxy) is 2. The fraction of sp³-hybridized carbons (Fsp3) is 0.423. The van der Waals surface area contributed by atoms with Crippen molar-refractivity contribution in [2.75, 3.05) is 26.9 Å². The number of pyridine rings is 1. The van der Waals surface area contributed by atoms with Crippen LogP contribution in [0.5, 0.6) is 5.75 Å². The number of aliphatic hydroxyl groups excluding tert-OH is 1. The van der Waals surface area contributed by atoms with Gasteiger partial charge in [0.25, 0.3) is 11.7 Å². The minimum absolute atomic E-state index is 0.0643. The molecule has 1 aliphatic rings. The molecule has 1 N–H and O–H groups in total. The van der Waals surface area contributed by atoms with Gasteiger partial charge < -0.3 is 19.5 Å². The number of nitrogens with zero attached hydrogens (tertiary/aromatic N) is 2. The molecule has 33 heavy (non-hydrogen) atoms. The Morgan fingerprint density at radius 3 is 2.58 bits per heavy atom. The lowest BCUT2D eigenvalue weighted by molar-refractivity contribution is -0.140. The normalized spacial score (nSPS) is 18.1. The van der Waals surface area contributed by atoms with E-state index in [9.17, 15) is 14.7 Å². The molecule has 0 spiro atoms. The monoisotopic (exact) mass is 452 g/mol. The van der Waals surface area contributed by atoms with Crippen LogP contribution in [0, 0.1) is 0 Å². The first kappa shape index (κ1) is 24.5. The van der Waals surface area contributed by atoms with Gasteiger partial charge >= 0.3 is 0 Å². The standard InChI is InChI=1S/C26H32N2O5/c1-6-33-20-11-10-17(15-19(20)26(2,3)4)23(29)21-22(18-9-7-12-27-16-18)28(13-8-14-32-5)25(31)24(21)30/h7,9-12,15-16,22,29H,6,8,13-14H2,1-5H3/b23-21-. The van der Waals surface area contributed by atoms with Crippen molar-refractivity contribution >= 4 is 17.4 Å². The van der Waals surface area contributed by atoms with E-state index in [1.54, 1.807) is 43.8 Å². The average molecular weight is 453 g/mol. The van der Waals surface area contributed by atoms with E-state index in [1.165, 1.54) is 4.90 Å². The predicted octanol–water partition coefficient (Wildman–Crippen LogP) is 4.24. The molecule has 1 aromatic heterocycles. The highest BCUT2D eigenvalue weighted by Gasteiger charge is 2.46. The Morgan fingerprint density at radius 1 is 1.21 bits per heavy atom. The molecule has 7 heteroatoms. The van der Waals surface area contributed by atoms with Crippen LogP contribution in [0.1, 0.15) is 56.8 Å². The molecule has 176 valence electrons. The first-order valence-electron chi connectivity index (χ1n) is 11.2. The number of hydrogen-bond donors (Lipinski definition) is 1. The van der Waals surface area contributed by atoms with Crippen molar-refractivity contribution in [3.8, 4) is 5.75 Å². The number of Topliss-reactive ketones (excluding diaryl/α,β-unsaturated/α-hetero) is 1. The number of aromatic nitrogens is 1. The lowest BCUT2D eigenvalue weighted by Crippen LogP contribution is -2.31. The molecule has 1 saturated heterocycles. The van der Waals surface area contributed by atoms with Gasteiger partial charge in [0.15, 0.2) is 0 Å². The second-order valence-corrected chi connectivity index (χ2v) is 9.02. The van der Waals surface area contributed by atoms with Crippen molar-refractivity contribution in [2.24, 2.45) is 0 Å². The summed E-state index contributed by atoms with van der Waals surface area (Å²) in [4.78, 5) is 31.7. The first-order valence-corrected chi connectivity index (χ1v) is 11.2. The van der Waals surface area contributed by atoms with Crippen LogP contribution in [-0.2, 0) is 19.7 Å². The fourth-order valence-corrected chi connectivity index (χ4v) is 4.07. The number of likely N-dealkylation sites (tertiary alicyclic amines) is 1. The highest BCUT2D eigenvalue weighted by molar-refractivity contribution is 6.46. The minimum Gasteiger partial charge on any atom is -0.507 e. The van der Waals surface area contributed by atoms with Crippen LogP contribution >= 0.6 is 0 Å². The molecule has 1 aliphatic heterocycles. The predicted molar refractivity (Wildman–Crippen MR) is 126 cm³/mol. The van der Waals surface area contributed by atoms with E-state index in [0.717, 1.165) is 11.3 Å². The number of benzene rings is 1. The third-order valence-corrected chi connectivity index (χ3v) is 5.65. The average Bonchev–Trinajstić information content (AvgIpc) is 3.04. The zero-order valence-electron chi connectivity index (χ0n) is 19.9. The van der Waals surface area contributed by atoms with Crippen LogP contribution in [0.2, 0.25) is 0 Å². The van der Waals surface area contributed by atoms with Crippen LogP contribution < -0.4 is 4.74 Å². The number of rotatable bonds is 8. The van der Waals surface area contributed by atoms with Crippen molar-refractivity contribution in [2.45, 2.75) is 45.6 Å². The molecule has 1 fully saturated rings. The number of carbonyl (C=O) groups excluding carboxylic acids is 2. The van der Waals surface area contributed by atoms with Gasteiger partial charge in [-0.15, -0.1) is 0 Å². The molecular formula is C26H32N2O5. The second kappa shape index (κ2) is 10.2. The molecule has 2 heterocycles. The molecule has 3 rings (SSSR count). The van der Waals surface area contributed by atoms with E-state index in [1.807, 2.05) is 13.0 Å². The first-order chi connectivity index (χ1) is 15.7. The third kappa shape index (κ3) is 5.09. The minimum atomic E-state index is -0.722. The Kier molecular flexibility index (Phi) is 7.53. The Labute approximate surface area is 195 Å². The topological polar surface area (TPSA) is 89.0 Å². The number of carbonyl (C=O) groups is 2. The number of hydrogen-bond acceptors (Lipinski definition) is 6. The second-order valence-electron chi connectivity index (χ2n) is 9.02. The maximum Gasteiger partial charge on any atom is 0.295 e. The molecule has 1 atom stereocenters. The van der Waals surface area contributed by atoms with E-state index >= 15 is 0 Å². The summed E-state index contributed by atoms with van der Waals surface area (Å²) >= 11 is 0. The Bertz CT molecular complexity index is 1040. The van der Waals surface area contributed by atoms with Crippen LogP contribution in [0.4, 0.5) is 0 Å². The fourth-order valence-electron chi connectivity index (χ4n) is 4.07. The smallest absolute Gasteiger partial charge is 0.295 e. The quantitative estimate of drug-likeness (QED) is 0.279. The third-order valence-electron chi connectivity index (χ3n) is 5.65. The van der Waals surface area contributed by atoms with Gasteiger partial charge in [-0.05, 0) is 48.6 Å². The molecule has 0 aliphatic carbocycles. The molecule has 1 amide bonds. The molecule has 0 radical (unpaired) electrons. The van der Waals surface area contributed by atoms with Gasteiger partial charge in [-0.25, -0.2) is 0 Å². The summed E-state index contributed by atoms with van der Waals surface area (Å²) in [6.07, 6.45) is 3.81. The van der Waals surface area contributed by atoms with Gasteiger partial charge in [-0.3, -0.25) is 14.6 Å². The SMILES string of the molecule is CCOc1ccc(/C(O)=C2/C(=O)C(=O)N(CCCOC)C2c2cccnc2)cc1C(C)(C)C. The molecule has 0 saturated carbocycles. The zero-order chi connectivity index (χ0) is 24.2. The summed E-state index contributed by atoms with van der Waals surface area (Å²) in [5.41, 5.74) is 1.84. The Balaban J connectivity index is 2.15. The molecule has 2 aromatic rings. The highest BCUT2D eigenvalue weighted by Crippen LogP contribution is 2.40. The summed E-state index contributed by atoms with van der Waals surface area (Å²) in [6.45, 7) is 9.38. The number of methoxy groups -OCH3 is 1. The summed E-state index contributed by atoms with van der Waals surface area (Å²) < 4.78 is 10.9. The van der Waals surface area contributed by atoms with Crippen LogP contribution in [0.15, 0.2) is 48.3 Å². The lowest BCUT2D eigenvalue weighted by Gasteiger charge is -2.25. The van der Waals surface area contributed by atoms with Crippen molar-refractivity contribution in [3.05, 3.63) is 65.0 Å². The number of ketones is 1. The Hall–Kier alpha value is -3.19. The number of aliphatic hydroxyl groups is 1. The zero-order valence-corrected chi connectivity index (χ0v) is 19.9. The molecule has 0 bridgehead atoms. The van der Waals surface area contributed by atoms with Crippen molar-refractivity contribution < 1.29 is 24.2 Å². The summed E-state index contributed by atoms with van der Waals surface area (Å²) in [5, 5.41) is 11.3. The van der Waals surface area contributed by atoms with Gasteiger partial charge in [0.2, 0.25) is 0 Å². The van der Waals surface area contributed by atoms with E-state index in [4.69, 9.17) is 9.47 Å². The largest absolute Gasteiger partial charge is 0.507 e. The van der Waals surface area contributed by atoms with Crippen LogP contribution in [0.25, 0.3) is 5.76 Å². The summed E-state index contributed by atoms with van der Waals surface area (Å²) in [5.74, 6) is -0.816. The highest BCUT2D eigenvalue weighted by atomic mass is 16.5. The summed E-state index contributed by atoms with van der Waals surface area (Å²) in [6, 6.07) is 8.18. The van der Waals surface area contributed by atoms with E-state index in [0.29, 0.717) is 37.3 Å². The van der Waals surface area contributed by atoms with E-state index in [-0.39, 0.29) is 16.7 Å². The molecule has 1 unspecified atom stereocenters. The van der Waals surface area contributed by atoms with Crippen molar-refractivity contribution in [1.29, 1.82) is 0 Å². The van der Waals surface area contributed by atoms with Gasteiger partial charge in [-0.2, -0.15) is 0 Å². The summed E-state index contributed by atoms with van der Waals surface area (Å²) in [7, 11) is 1.59. The van der Waals surface area contributed by atoms with Gasteiger partial charge in [0.05, 0.1) is 18.2 Å².